The lowest BCUT2D eigenvalue weighted by Crippen LogP contribution is -2.26. The number of halogens is 1. The van der Waals surface area contributed by atoms with Crippen LogP contribution in [-0.2, 0) is 34.3 Å². The molecule has 11 heteroatoms. The number of tetrazole rings is 1. The molecule has 27 heavy (non-hydrogen) atoms. The molecule has 1 aromatic heterocycles. The Kier molecular flexibility index (Phi) is 4.87. The number of anilines is 1. The quantitative estimate of drug-likeness (QED) is 0.744. The number of aromatic nitrogens is 4. The van der Waals surface area contributed by atoms with Gasteiger partial charge in [-0.05, 0) is 59.7 Å². The smallest absolute Gasteiger partial charge is 0.242 e. The van der Waals surface area contributed by atoms with Gasteiger partial charge in [0, 0.05) is 18.7 Å². The summed E-state index contributed by atoms with van der Waals surface area (Å²) in [4.78, 5) is 11.7. The van der Waals surface area contributed by atoms with E-state index in [9.17, 15) is 13.2 Å². The number of rotatable bonds is 6. The molecule has 0 spiro atoms. The topological polar surface area (TPSA) is 119 Å². The van der Waals surface area contributed by atoms with Gasteiger partial charge in [0.05, 0.1) is 11.6 Å². The zero-order valence-electron chi connectivity index (χ0n) is 14.5. The molecule has 4 rings (SSSR count). The van der Waals surface area contributed by atoms with Gasteiger partial charge >= 0.3 is 0 Å². The molecule has 2 aromatic rings. The fourth-order valence-electron chi connectivity index (χ4n) is 3.05. The fourth-order valence-corrected chi connectivity index (χ4v) is 4.60. The van der Waals surface area contributed by atoms with Crippen LogP contribution in [0.1, 0.15) is 37.1 Å². The molecule has 1 fully saturated rings. The maximum Gasteiger partial charge on any atom is 0.242 e. The lowest BCUT2D eigenvalue weighted by atomic mass is 10.1. The highest BCUT2D eigenvalue weighted by molar-refractivity contribution is 7.89. The van der Waals surface area contributed by atoms with Crippen molar-refractivity contribution in [3.8, 4) is 0 Å². The second kappa shape index (κ2) is 7.17. The van der Waals surface area contributed by atoms with E-state index in [-0.39, 0.29) is 22.4 Å². The predicted octanol–water partition coefficient (Wildman–Crippen LogP) is 1.49. The number of hydrogen-bond acceptors (Lipinski definition) is 6. The van der Waals surface area contributed by atoms with Crippen LogP contribution in [0.2, 0.25) is 5.02 Å². The van der Waals surface area contributed by atoms with E-state index >= 15 is 0 Å². The van der Waals surface area contributed by atoms with Crippen molar-refractivity contribution in [3.63, 3.8) is 0 Å². The van der Waals surface area contributed by atoms with Crippen LogP contribution < -0.4 is 10.0 Å². The number of sulfonamides is 1. The van der Waals surface area contributed by atoms with E-state index in [1.54, 1.807) is 10.7 Å². The Morgan fingerprint density at radius 1 is 1.30 bits per heavy atom. The lowest BCUT2D eigenvalue weighted by molar-refractivity contribution is -0.116. The van der Waals surface area contributed by atoms with E-state index < -0.39 is 10.0 Å². The molecule has 9 nitrogen and oxygen atoms in total. The summed E-state index contributed by atoms with van der Waals surface area (Å²) in [5.41, 5.74) is 1.32. The molecule has 1 saturated carbocycles. The molecule has 2 heterocycles. The SMILES string of the molecule is O=C1CCCc2cc(Cl)c(S(=O)(=O)NCc3nnnn3CC3CC3)cc2N1. The molecule has 0 bridgehead atoms. The first kappa shape index (κ1) is 18.3. The van der Waals surface area contributed by atoms with Crippen LogP contribution >= 0.6 is 11.6 Å². The van der Waals surface area contributed by atoms with Crippen molar-refractivity contribution in [2.45, 2.75) is 50.1 Å². The van der Waals surface area contributed by atoms with Gasteiger partial charge in [0.2, 0.25) is 15.9 Å². The summed E-state index contributed by atoms with van der Waals surface area (Å²) in [6.07, 6.45) is 4.04. The molecule has 0 saturated heterocycles. The average Bonchev–Trinajstić information content (AvgIpc) is 3.34. The number of hydrogen-bond donors (Lipinski definition) is 2. The zero-order valence-corrected chi connectivity index (χ0v) is 16.1. The number of carbonyl (C=O) groups is 1. The van der Waals surface area contributed by atoms with E-state index in [0.717, 1.165) is 18.4 Å². The number of nitrogens with one attached hydrogen (secondary N) is 2. The van der Waals surface area contributed by atoms with Gasteiger partial charge in [0.25, 0.3) is 0 Å². The van der Waals surface area contributed by atoms with Crippen molar-refractivity contribution in [1.29, 1.82) is 0 Å². The highest BCUT2D eigenvalue weighted by atomic mass is 35.5. The van der Waals surface area contributed by atoms with E-state index in [1.807, 2.05) is 0 Å². The van der Waals surface area contributed by atoms with E-state index in [0.29, 0.717) is 43.2 Å². The molecule has 144 valence electrons. The normalized spacial score (nSPS) is 17.3. The maximum atomic E-state index is 12.8. The molecular weight excluding hydrogens is 392 g/mol. The second-order valence-corrected chi connectivity index (χ2v) is 9.03. The first-order valence-corrected chi connectivity index (χ1v) is 10.7. The first-order valence-electron chi connectivity index (χ1n) is 8.79. The number of aryl methyl sites for hydroxylation is 1. The van der Waals surface area contributed by atoms with Crippen LogP contribution in [0.15, 0.2) is 17.0 Å². The average molecular weight is 411 g/mol. The lowest BCUT2D eigenvalue weighted by Gasteiger charge is -2.13. The van der Waals surface area contributed by atoms with Crippen LogP contribution in [0.25, 0.3) is 0 Å². The van der Waals surface area contributed by atoms with Crippen molar-refractivity contribution in [2.24, 2.45) is 5.92 Å². The molecule has 2 aliphatic rings. The van der Waals surface area contributed by atoms with Gasteiger partial charge in [-0.1, -0.05) is 11.6 Å². The van der Waals surface area contributed by atoms with Gasteiger partial charge in [-0.2, -0.15) is 0 Å². The third kappa shape index (κ3) is 4.12. The number of carbonyl (C=O) groups excluding carboxylic acids is 1. The predicted molar refractivity (Wildman–Crippen MR) is 97.6 cm³/mol. The van der Waals surface area contributed by atoms with E-state index in [1.165, 1.54) is 6.07 Å². The van der Waals surface area contributed by atoms with Gasteiger partial charge in [0.15, 0.2) is 5.82 Å². The van der Waals surface area contributed by atoms with Crippen LogP contribution in [0.5, 0.6) is 0 Å². The largest absolute Gasteiger partial charge is 0.326 e. The van der Waals surface area contributed by atoms with E-state index in [2.05, 4.69) is 25.6 Å². The minimum absolute atomic E-state index is 0.0399. The third-order valence-corrected chi connectivity index (χ3v) is 6.59. The highest BCUT2D eigenvalue weighted by Crippen LogP contribution is 2.32. The first-order chi connectivity index (χ1) is 12.9. The van der Waals surface area contributed by atoms with Gasteiger partial charge in [-0.25, -0.2) is 17.8 Å². The standard InChI is InChI=1S/C16H19ClN6O3S/c17-12-6-11-2-1-3-16(24)19-13(11)7-14(12)27(25,26)18-8-15-20-21-22-23(15)9-10-4-5-10/h6-7,10,18H,1-5,8-9H2,(H,19,24). The molecule has 1 aliphatic carbocycles. The molecule has 2 N–H and O–H groups in total. The molecule has 1 amide bonds. The second-order valence-electron chi connectivity index (χ2n) is 6.89. The zero-order chi connectivity index (χ0) is 19.0. The van der Waals surface area contributed by atoms with Gasteiger partial charge < -0.3 is 5.32 Å². The molecular formula is C16H19ClN6O3S. The van der Waals surface area contributed by atoms with Crippen LogP contribution in [0, 0.1) is 5.92 Å². The van der Waals surface area contributed by atoms with E-state index in [4.69, 9.17) is 11.6 Å². The molecule has 1 aromatic carbocycles. The van der Waals surface area contributed by atoms with Crippen molar-refractivity contribution >= 4 is 33.2 Å². The Hall–Kier alpha value is -2.04. The monoisotopic (exact) mass is 410 g/mol. The summed E-state index contributed by atoms with van der Waals surface area (Å²) in [6.45, 7) is 0.650. The van der Waals surface area contributed by atoms with Crippen LogP contribution in [-0.4, -0.2) is 34.5 Å². The van der Waals surface area contributed by atoms with Crippen molar-refractivity contribution < 1.29 is 13.2 Å². The molecule has 0 radical (unpaired) electrons. The number of benzene rings is 1. The Balaban J connectivity index is 1.55. The summed E-state index contributed by atoms with van der Waals surface area (Å²) in [5, 5.41) is 14.3. The number of fused-ring (bicyclic) bond motifs is 1. The highest BCUT2D eigenvalue weighted by Gasteiger charge is 2.26. The fraction of sp³-hybridized carbons (Fsp3) is 0.500. The molecule has 1 aliphatic heterocycles. The summed E-state index contributed by atoms with van der Waals surface area (Å²) in [6, 6.07) is 3.02. The van der Waals surface area contributed by atoms with Crippen molar-refractivity contribution in [3.05, 3.63) is 28.5 Å². The summed E-state index contributed by atoms with van der Waals surface area (Å²) >= 11 is 6.23. The summed E-state index contributed by atoms with van der Waals surface area (Å²) in [5.74, 6) is 0.878. The number of nitrogens with zero attached hydrogens (tertiary/aromatic N) is 4. The Morgan fingerprint density at radius 3 is 2.89 bits per heavy atom. The number of amides is 1. The Labute approximate surface area is 161 Å². The minimum atomic E-state index is -3.90. The Morgan fingerprint density at radius 2 is 2.11 bits per heavy atom. The van der Waals surface area contributed by atoms with Gasteiger partial charge in [-0.15, -0.1) is 5.10 Å². The minimum Gasteiger partial charge on any atom is -0.326 e. The molecule has 0 unspecified atom stereocenters. The summed E-state index contributed by atoms with van der Waals surface area (Å²) < 4.78 is 29.6. The Bertz CT molecular complexity index is 986. The van der Waals surface area contributed by atoms with Gasteiger partial charge in [0.1, 0.15) is 4.90 Å². The summed E-state index contributed by atoms with van der Waals surface area (Å²) in [7, 11) is -3.90. The van der Waals surface area contributed by atoms with Crippen molar-refractivity contribution in [2.75, 3.05) is 5.32 Å². The van der Waals surface area contributed by atoms with Gasteiger partial charge in [-0.3, -0.25) is 4.79 Å². The van der Waals surface area contributed by atoms with Crippen LogP contribution in [0.4, 0.5) is 5.69 Å². The molecule has 0 atom stereocenters. The van der Waals surface area contributed by atoms with Crippen molar-refractivity contribution in [1.82, 2.24) is 24.9 Å². The maximum absolute atomic E-state index is 12.8. The third-order valence-electron chi connectivity index (χ3n) is 4.73. The van der Waals surface area contributed by atoms with Crippen LogP contribution in [0.3, 0.4) is 0 Å².